The van der Waals surface area contributed by atoms with Gasteiger partial charge in [-0.3, -0.25) is 4.99 Å². The maximum absolute atomic E-state index is 6.17. The van der Waals surface area contributed by atoms with Crippen molar-refractivity contribution >= 4 is 58.3 Å². The Morgan fingerprint density at radius 1 is 1.25 bits per heavy atom. The molecule has 3 aromatic rings. The van der Waals surface area contributed by atoms with Crippen LogP contribution in [-0.4, -0.2) is 48.1 Å². The van der Waals surface area contributed by atoms with Crippen LogP contribution in [0.1, 0.15) is 30.9 Å². The summed E-state index contributed by atoms with van der Waals surface area (Å²) in [4.78, 5) is 15.1. The number of nitrogens with one attached hydrogen (secondary N) is 3. The van der Waals surface area contributed by atoms with E-state index in [0.717, 1.165) is 67.8 Å². The number of nitrogens with zero attached hydrogens (tertiary/aromatic N) is 3. The standard InChI is InChI=1S/C24H31ClN6.HI/c1-3-26-24(27-11-8-18-16-28-22-6-5-19(25)14-21(18)22)30-20-9-12-31(13-10-20)23-7-4-17(2)15-29-23;/h4-7,14-16,20,28H,3,8-13H2,1-2H3,(H2,26,27,30);1H. The third-order valence-corrected chi connectivity index (χ3v) is 6.02. The molecule has 0 unspecified atom stereocenters. The Kier molecular flexibility index (Phi) is 9.04. The van der Waals surface area contributed by atoms with Gasteiger partial charge in [-0.2, -0.15) is 0 Å². The molecule has 1 aliphatic heterocycles. The van der Waals surface area contributed by atoms with Crippen LogP contribution >= 0.6 is 35.6 Å². The average molecular weight is 567 g/mol. The van der Waals surface area contributed by atoms with Gasteiger partial charge in [-0.25, -0.2) is 4.98 Å². The maximum atomic E-state index is 6.17. The van der Waals surface area contributed by atoms with Crippen molar-refractivity contribution < 1.29 is 0 Å². The van der Waals surface area contributed by atoms with Crippen LogP contribution in [0.25, 0.3) is 10.9 Å². The number of guanidine groups is 1. The second-order valence-corrected chi connectivity index (χ2v) is 8.55. The van der Waals surface area contributed by atoms with Crippen LogP contribution in [0.15, 0.2) is 47.7 Å². The number of rotatable bonds is 6. The molecule has 1 fully saturated rings. The zero-order valence-electron chi connectivity index (χ0n) is 18.7. The highest BCUT2D eigenvalue weighted by Crippen LogP contribution is 2.23. The van der Waals surface area contributed by atoms with Crippen molar-refractivity contribution in [1.29, 1.82) is 0 Å². The van der Waals surface area contributed by atoms with Gasteiger partial charge in [0, 0.05) is 60.5 Å². The molecule has 1 saturated heterocycles. The minimum absolute atomic E-state index is 0. The zero-order valence-corrected chi connectivity index (χ0v) is 21.8. The number of piperidine rings is 1. The van der Waals surface area contributed by atoms with Crippen molar-refractivity contribution in [2.24, 2.45) is 4.99 Å². The van der Waals surface area contributed by atoms with E-state index in [1.54, 1.807) is 0 Å². The first-order chi connectivity index (χ1) is 15.1. The van der Waals surface area contributed by atoms with Gasteiger partial charge in [0.15, 0.2) is 5.96 Å². The Morgan fingerprint density at radius 2 is 2.06 bits per heavy atom. The molecule has 0 aliphatic carbocycles. The zero-order chi connectivity index (χ0) is 21.6. The number of halogens is 2. The van der Waals surface area contributed by atoms with Crippen LogP contribution < -0.4 is 15.5 Å². The number of benzene rings is 1. The number of aryl methyl sites for hydroxylation is 1. The van der Waals surface area contributed by atoms with Crippen molar-refractivity contribution in [2.45, 2.75) is 39.2 Å². The van der Waals surface area contributed by atoms with Crippen LogP contribution in [0.2, 0.25) is 5.02 Å². The summed E-state index contributed by atoms with van der Waals surface area (Å²) in [7, 11) is 0. The maximum Gasteiger partial charge on any atom is 0.191 e. The minimum atomic E-state index is 0. The monoisotopic (exact) mass is 566 g/mol. The summed E-state index contributed by atoms with van der Waals surface area (Å²) in [5.41, 5.74) is 3.56. The summed E-state index contributed by atoms with van der Waals surface area (Å²) in [6, 6.07) is 10.6. The van der Waals surface area contributed by atoms with E-state index >= 15 is 0 Å². The number of aromatic amines is 1. The molecule has 3 N–H and O–H groups in total. The molecule has 0 saturated carbocycles. The lowest BCUT2D eigenvalue weighted by Crippen LogP contribution is -2.49. The SMILES string of the molecule is CCNC(=NCCc1c[nH]c2ccc(Cl)cc12)NC1CCN(c2ccc(C)cn2)CC1.I. The largest absolute Gasteiger partial charge is 0.361 e. The normalized spacial score (nSPS) is 15.0. The minimum Gasteiger partial charge on any atom is -0.361 e. The van der Waals surface area contributed by atoms with E-state index in [4.69, 9.17) is 16.6 Å². The second kappa shape index (κ2) is 11.7. The van der Waals surface area contributed by atoms with Gasteiger partial charge in [-0.05, 0) is 68.5 Å². The van der Waals surface area contributed by atoms with Crippen molar-refractivity contribution in [3.8, 4) is 0 Å². The molecule has 1 aromatic carbocycles. The molecule has 32 heavy (non-hydrogen) atoms. The van der Waals surface area contributed by atoms with E-state index in [1.807, 2.05) is 24.4 Å². The van der Waals surface area contributed by atoms with Crippen LogP contribution in [-0.2, 0) is 6.42 Å². The number of anilines is 1. The molecule has 3 heterocycles. The summed E-state index contributed by atoms with van der Waals surface area (Å²) in [5.74, 6) is 1.97. The average Bonchev–Trinajstić information content (AvgIpc) is 3.17. The molecule has 0 bridgehead atoms. The van der Waals surface area contributed by atoms with Crippen molar-refractivity contribution in [3.63, 3.8) is 0 Å². The Bertz CT molecular complexity index is 1020. The quantitative estimate of drug-likeness (QED) is 0.225. The Hall–Kier alpha value is -2.00. The van der Waals surface area contributed by atoms with E-state index in [2.05, 4.69) is 57.7 Å². The summed E-state index contributed by atoms with van der Waals surface area (Å²) < 4.78 is 0. The van der Waals surface area contributed by atoms with Gasteiger partial charge in [0.2, 0.25) is 0 Å². The van der Waals surface area contributed by atoms with Gasteiger partial charge in [0.25, 0.3) is 0 Å². The van der Waals surface area contributed by atoms with E-state index in [1.165, 1.54) is 16.5 Å². The predicted octanol–water partition coefficient (Wildman–Crippen LogP) is 4.91. The first kappa shape index (κ1) is 24.6. The van der Waals surface area contributed by atoms with Gasteiger partial charge in [-0.15, -0.1) is 24.0 Å². The highest BCUT2D eigenvalue weighted by Gasteiger charge is 2.20. The van der Waals surface area contributed by atoms with Crippen molar-refractivity contribution in [2.75, 3.05) is 31.1 Å². The molecule has 0 atom stereocenters. The number of pyridine rings is 1. The van der Waals surface area contributed by atoms with E-state index in [9.17, 15) is 0 Å². The highest BCUT2D eigenvalue weighted by atomic mass is 127. The molecule has 1 aliphatic rings. The third-order valence-electron chi connectivity index (χ3n) is 5.78. The number of H-pyrrole nitrogens is 1. The number of hydrogen-bond donors (Lipinski definition) is 3. The molecule has 8 heteroatoms. The van der Waals surface area contributed by atoms with Gasteiger partial charge < -0.3 is 20.5 Å². The Labute approximate surface area is 212 Å². The van der Waals surface area contributed by atoms with E-state index in [0.29, 0.717) is 6.04 Å². The molecule has 0 spiro atoms. The molecule has 0 amide bonds. The fourth-order valence-corrected chi connectivity index (χ4v) is 4.23. The summed E-state index contributed by atoms with van der Waals surface area (Å²) in [6.07, 6.45) is 7.01. The molecular formula is C24H32ClIN6. The van der Waals surface area contributed by atoms with Crippen molar-refractivity contribution in [3.05, 3.63) is 58.9 Å². The van der Waals surface area contributed by atoms with Crippen molar-refractivity contribution in [1.82, 2.24) is 20.6 Å². The number of fused-ring (bicyclic) bond motifs is 1. The lowest BCUT2D eigenvalue weighted by atomic mass is 10.1. The summed E-state index contributed by atoms with van der Waals surface area (Å²) >= 11 is 6.17. The fraction of sp³-hybridized carbons (Fsp3) is 0.417. The van der Waals surface area contributed by atoms with Crippen LogP contribution in [0, 0.1) is 6.92 Å². The van der Waals surface area contributed by atoms with Crippen LogP contribution in [0.4, 0.5) is 5.82 Å². The van der Waals surface area contributed by atoms with Crippen LogP contribution in [0.3, 0.4) is 0 Å². The van der Waals surface area contributed by atoms with E-state index < -0.39 is 0 Å². The lowest BCUT2D eigenvalue weighted by molar-refractivity contribution is 0.459. The molecule has 2 aromatic heterocycles. The molecule has 4 rings (SSSR count). The first-order valence-electron chi connectivity index (χ1n) is 11.1. The van der Waals surface area contributed by atoms with Crippen LogP contribution in [0.5, 0.6) is 0 Å². The van der Waals surface area contributed by atoms with Gasteiger partial charge >= 0.3 is 0 Å². The lowest BCUT2D eigenvalue weighted by Gasteiger charge is -2.33. The first-order valence-corrected chi connectivity index (χ1v) is 11.5. The number of hydrogen-bond acceptors (Lipinski definition) is 3. The van der Waals surface area contributed by atoms with Gasteiger partial charge in [0.05, 0.1) is 0 Å². The predicted molar refractivity (Wildman–Crippen MR) is 146 cm³/mol. The molecule has 6 nitrogen and oxygen atoms in total. The van der Waals surface area contributed by atoms with Gasteiger partial charge in [-0.1, -0.05) is 17.7 Å². The van der Waals surface area contributed by atoms with E-state index in [-0.39, 0.29) is 24.0 Å². The third kappa shape index (κ3) is 6.28. The Balaban J connectivity index is 0.00000289. The molecule has 172 valence electrons. The smallest absolute Gasteiger partial charge is 0.191 e. The number of aromatic nitrogens is 2. The number of aliphatic imine (C=N–C) groups is 1. The molecule has 0 radical (unpaired) electrons. The topological polar surface area (TPSA) is 68.3 Å². The second-order valence-electron chi connectivity index (χ2n) is 8.11. The molecular weight excluding hydrogens is 535 g/mol. The summed E-state index contributed by atoms with van der Waals surface area (Å²) in [5, 5.41) is 8.96. The fourth-order valence-electron chi connectivity index (χ4n) is 4.06. The Morgan fingerprint density at radius 3 is 2.78 bits per heavy atom. The highest BCUT2D eigenvalue weighted by molar-refractivity contribution is 14.0. The van der Waals surface area contributed by atoms with Gasteiger partial charge in [0.1, 0.15) is 5.82 Å². The summed E-state index contributed by atoms with van der Waals surface area (Å²) in [6.45, 7) is 7.75.